The Hall–Kier alpha value is -3.95. The Balaban J connectivity index is 1.66. The smallest absolute Gasteiger partial charge is 0.335 e. The van der Waals surface area contributed by atoms with Crippen LogP contribution in [0.1, 0.15) is 31.2 Å². The minimum Gasteiger partial charge on any atom is -0.497 e. The largest absolute Gasteiger partial charge is 0.497 e. The van der Waals surface area contributed by atoms with Crippen LogP contribution in [-0.4, -0.2) is 42.5 Å². The zero-order valence-electron chi connectivity index (χ0n) is 18.7. The zero-order chi connectivity index (χ0) is 24.0. The third-order valence-corrected chi connectivity index (χ3v) is 7.12. The van der Waals surface area contributed by atoms with Crippen molar-refractivity contribution >= 4 is 34.9 Å². The quantitative estimate of drug-likeness (QED) is 0.421. The maximum atomic E-state index is 14.1. The summed E-state index contributed by atoms with van der Waals surface area (Å²) >= 11 is 0. The average Bonchev–Trinajstić information content (AvgIpc) is 3.09. The molecule has 0 aliphatic carbocycles. The van der Waals surface area contributed by atoms with Crippen LogP contribution in [0.2, 0.25) is 0 Å². The monoisotopic (exact) mass is 464 g/mol. The van der Waals surface area contributed by atoms with Gasteiger partial charge in [0.1, 0.15) is 5.75 Å². The average molecular weight is 464 g/mol. The highest BCUT2D eigenvalue weighted by Gasteiger charge is 2.62. The van der Waals surface area contributed by atoms with Crippen molar-refractivity contribution in [2.45, 2.75) is 38.1 Å². The van der Waals surface area contributed by atoms with E-state index < -0.39 is 34.2 Å². The molecule has 10 heteroatoms. The number of hydrogen-bond donors (Lipinski definition) is 1. The normalized spacial score (nSPS) is 24.3. The number of methoxy groups -OCH3 is 1. The molecular weight excluding hydrogens is 440 g/mol. The Morgan fingerprint density at radius 3 is 2.56 bits per heavy atom. The number of nitrogens with one attached hydrogen (secondary N) is 1. The first-order valence-corrected chi connectivity index (χ1v) is 11.2. The lowest BCUT2D eigenvalue weighted by atomic mass is 9.67. The fourth-order valence-electron chi connectivity index (χ4n) is 5.50. The fourth-order valence-corrected chi connectivity index (χ4v) is 5.50. The van der Waals surface area contributed by atoms with E-state index in [2.05, 4.69) is 5.32 Å². The highest BCUT2D eigenvalue weighted by atomic mass is 16.6. The minimum atomic E-state index is -1.58. The third-order valence-electron chi connectivity index (χ3n) is 7.12. The first-order valence-electron chi connectivity index (χ1n) is 11.2. The first-order chi connectivity index (χ1) is 16.4. The number of nitrogens with zero attached hydrogens (tertiary/aromatic N) is 3. The van der Waals surface area contributed by atoms with Crippen molar-refractivity contribution in [3.05, 3.63) is 58.1 Å². The Kier molecular flexibility index (Phi) is 5.22. The number of nitro benzene ring substituents is 1. The van der Waals surface area contributed by atoms with Crippen LogP contribution in [0.5, 0.6) is 5.75 Å². The van der Waals surface area contributed by atoms with Crippen molar-refractivity contribution in [1.82, 2.24) is 5.32 Å². The molecule has 5 rings (SSSR count). The van der Waals surface area contributed by atoms with Gasteiger partial charge in [0.25, 0.3) is 11.6 Å². The molecule has 2 fully saturated rings. The first kappa shape index (κ1) is 21.9. The lowest BCUT2D eigenvalue weighted by molar-refractivity contribution is -0.384. The van der Waals surface area contributed by atoms with Gasteiger partial charge in [-0.15, -0.1) is 0 Å². The van der Waals surface area contributed by atoms with E-state index in [0.29, 0.717) is 30.0 Å². The third kappa shape index (κ3) is 3.20. The topological polar surface area (TPSA) is 122 Å². The van der Waals surface area contributed by atoms with E-state index >= 15 is 0 Å². The molecule has 2 atom stereocenters. The second-order valence-corrected chi connectivity index (χ2v) is 8.87. The van der Waals surface area contributed by atoms with Crippen LogP contribution in [0, 0.1) is 15.5 Å². The molecule has 1 spiro atoms. The van der Waals surface area contributed by atoms with Crippen LogP contribution >= 0.6 is 0 Å². The molecule has 0 unspecified atom stereocenters. The van der Waals surface area contributed by atoms with Gasteiger partial charge in [-0.1, -0.05) is 12.8 Å². The number of amides is 4. The summed E-state index contributed by atoms with van der Waals surface area (Å²) in [5, 5.41) is 13.8. The molecule has 1 N–H and O–H groups in total. The number of carbonyl (C=O) groups is 3. The Labute approximate surface area is 195 Å². The highest BCUT2D eigenvalue weighted by Crippen LogP contribution is 2.48. The number of anilines is 2. The van der Waals surface area contributed by atoms with E-state index in [0.717, 1.165) is 29.8 Å². The second-order valence-electron chi connectivity index (χ2n) is 8.87. The number of rotatable bonds is 3. The molecule has 3 aliphatic heterocycles. The van der Waals surface area contributed by atoms with Crippen molar-refractivity contribution in [3.8, 4) is 5.75 Å². The van der Waals surface area contributed by atoms with Gasteiger partial charge < -0.3 is 9.64 Å². The van der Waals surface area contributed by atoms with Gasteiger partial charge in [0.2, 0.25) is 5.91 Å². The molecule has 0 bridgehead atoms. The van der Waals surface area contributed by atoms with Gasteiger partial charge in [0, 0.05) is 30.8 Å². The molecule has 0 aromatic heterocycles. The number of urea groups is 1. The van der Waals surface area contributed by atoms with Gasteiger partial charge >= 0.3 is 6.03 Å². The number of non-ortho nitro benzene ring substituents is 1. The molecule has 3 heterocycles. The number of hydrogen-bond acceptors (Lipinski definition) is 7. The molecule has 2 aromatic carbocycles. The SMILES string of the molecule is COc1ccc(N2C(=O)NC(=O)[C@@]3(Cc4cc([N+](=O)[O-])ccc4N4CCCCC[C@@H]43)C2=O)cc1. The molecule has 34 heavy (non-hydrogen) atoms. The van der Waals surface area contributed by atoms with Crippen molar-refractivity contribution in [2.24, 2.45) is 5.41 Å². The van der Waals surface area contributed by atoms with Crippen molar-refractivity contribution in [1.29, 1.82) is 0 Å². The van der Waals surface area contributed by atoms with Crippen LogP contribution in [0.4, 0.5) is 21.9 Å². The molecule has 10 nitrogen and oxygen atoms in total. The molecule has 4 amide bonds. The lowest BCUT2D eigenvalue weighted by Crippen LogP contribution is -2.72. The number of ether oxygens (including phenoxy) is 1. The fraction of sp³-hybridized carbons (Fsp3) is 0.375. The predicted molar refractivity (Wildman–Crippen MR) is 123 cm³/mol. The molecular formula is C24H24N4O6. The van der Waals surface area contributed by atoms with E-state index in [4.69, 9.17) is 4.74 Å². The van der Waals surface area contributed by atoms with Gasteiger partial charge in [-0.25, -0.2) is 9.69 Å². The van der Waals surface area contributed by atoms with Gasteiger partial charge in [-0.3, -0.25) is 25.0 Å². The van der Waals surface area contributed by atoms with E-state index in [1.807, 2.05) is 4.90 Å². The molecule has 3 aliphatic rings. The van der Waals surface area contributed by atoms with Gasteiger partial charge in [-0.05, 0) is 48.7 Å². The number of carbonyl (C=O) groups excluding carboxylic acids is 3. The lowest BCUT2D eigenvalue weighted by Gasteiger charge is -2.51. The van der Waals surface area contributed by atoms with E-state index in [9.17, 15) is 24.5 Å². The molecule has 2 saturated heterocycles. The number of fused-ring (bicyclic) bond motifs is 4. The van der Waals surface area contributed by atoms with Crippen molar-refractivity contribution in [3.63, 3.8) is 0 Å². The molecule has 0 saturated carbocycles. The Bertz CT molecular complexity index is 1200. The number of benzene rings is 2. The summed E-state index contributed by atoms with van der Waals surface area (Å²) in [4.78, 5) is 54.5. The summed E-state index contributed by atoms with van der Waals surface area (Å²) in [5.74, 6) is -0.699. The molecule has 0 radical (unpaired) electrons. The number of barbiturate groups is 1. The Morgan fingerprint density at radius 2 is 1.85 bits per heavy atom. The summed E-state index contributed by atoms with van der Waals surface area (Å²) in [6.07, 6.45) is 3.24. The van der Waals surface area contributed by atoms with E-state index in [-0.39, 0.29) is 12.1 Å². The highest BCUT2D eigenvalue weighted by molar-refractivity contribution is 6.30. The van der Waals surface area contributed by atoms with E-state index in [1.54, 1.807) is 30.3 Å². The maximum absolute atomic E-state index is 14.1. The molecule has 176 valence electrons. The minimum absolute atomic E-state index is 0.0181. The van der Waals surface area contributed by atoms with Gasteiger partial charge in [0.15, 0.2) is 5.41 Å². The Morgan fingerprint density at radius 1 is 1.09 bits per heavy atom. The number of nitro groups is 1. The summed E-state index contributed by atoms with van der Waals surface area (Å²) in [5.41, 5.74) is -0.00829. The van der Waals surface area contributed by atoms with Crippen molar-refractivity contribution < 1.29 is 24.0 Å². The predicted octanol–water partition coefficient (Wildman–Crippen LogP) is 3.18. The van der Waals surface area contributed by atoms with Crippen LogP contribution in [0.3, 0.4) is 0 Å². The van der Waals surface area contributed by atoms with Crippen LogP contribution in [0.15, 0.2) is 42.5 Å². The second kappa shape index (κ2) is 8.12. The van der Waals surface area contributed by atoms with Crippen LogP contribution in [-0.2, 0) is 16.0 Å². The summed E-state index contributed by atoms with van der Waals surface area (Å²) in [7, 11) is 1.51. The molecule has 2 aromatic rings. The number of imide groups is 2. The van der Waals surface area contributed by atoms with Gasteiger partial charge in [-0.2, -0.15) is 0 Å². The summed E-state index contributed by atoms with van der Waals surface area (Å²) in [6, 6.07) is 9.77. The zero-order valence-corrected chi connectivity index (χ0v) is 18.7. The summed E-state index contributed by atoms with van der Waals surface area (Å²) < 4.78 is 5.17. The van der Waals surface area contributed by atoms with E-state index in [1.165, 1.54) is 19.2 Å². The maximum Gasteiger partial charge on any atom is 0.335 e. The van der Waals surface area contributed by atoms with Crippen LogP contribution < -0.4 is 19.9 Å². The summed E-state index contributed by atoms with van der Waals surface area (Å²) in [6.45, 7) is 0.619. The van der Waals surface area contributed by atoms with Crippen LogP contribution in [0.25, 0.3) is 0 Å². The standard InChI is InChI=1S/C24H24N4O6/c1-34-18-9-6-16(7-10-18)27-22(30)24(21(29)25-23(27)31)14-15-13-17(28(32)33)8-11-19(15)26-12-4-2-3-5-20(24)26/h6-11,13,20H,2-5,12,14H2,1H3,(H,25,29,31)/t20-,24+/m1/s1. The van der Waals surface area contributed by atoms with Gasteiger partial charge in [0.05, 0.1) is 23.8 Å². The van der Waals surface area contributed by atoms with Crippen molar-refractivity contribution in [2.75, 3.05) is 23.5 Å².